The topological polar surface area (TPSA) is 88.1 Å². The van der Waals surface area contributed by atoms with Gasteiger partial charge < -0.3 is 4.90 Å². The van der Waals surface area contributed by atoms with E-state index >= 15 is 0 Å². The molecule has 0 radical (unpaired) electrons. The van der Waals surface area contributed by atoms with Crippen molar-refractivity contribution in [2.24, 2.45) is 0 Å². The zero-order valence-corrected chi connectivity index (χ0v) is 15.1. The molecule has 134 valence electrons. The van der Waals surface area contributed by atoms with E-state index in [1.165, 1.54) is 15.9 Å². The zero-order valence-electron chi connectivity index (χ0n) is 14.3. The number of nitrogens with one attached hydrogen (secondary N) is 1. The van der Waals surface area contributed by atoms with Crippen LogP contribution in [0.4, 0.5) is 0 Å². The van der Waals surface area contributed by atoms with Crippen LogP contribution in [0.1, 0.15) is 34.1 Å². The Morgan fingerprint density at radius 1 is 1.31 bits per heavy atom. The van der Waals surface area contributed by atoms with Crippen molar-refractivity contribution < 1.29 is 4.79 Å². The van der Waals surface area contributed by atoms with E-state index in [9.17, 15) is 14.4 Å². The van der Waals surface area contributed by atoms with Crippen LogP contribution in [-0.2, 0) is 0 Å². The fourth-order valence-electron chi connectivity index (χ4n) is 3.42. The molecule has 0 atom stereocenters. The first-order valence-corrected chi connectivity index (χ1v) is 9.36. The maximum absolute atomic E-state index is 12.7. The van der Waals surface area contributed by atoms with E-state index in [2.05, 4.69) is 9.97 Å². The van der Waals surface area contributed by atoms with Gasteiger partial charge in [0.15, 0.2) is 0 Å². The van der Waals surface area contributed by atoms with Crippen LogP contribution in [0.5, 0.6) is 0 Å². The first-order valence-electron chi connectivity index (χ1n) is 8.48. The Bertz CT molecular complexity index is 1090. The Labute approximate surface area is 152 Å². The molecule has 8 heteroatoms. The third-order valence-electron chi connectivity index (χ3n) is 4.76. The molecule has 4 rings (SSSR count). The van der Waals surface area contributed by atoms with Crippen molar-refractivity contribution in [3.63, 3.8) is 0 Å². The predicted octanol–water partition coefficient (Wildman–Crippen LogP) is 1.93. The van der Waals surface area contributed by atoms with E-state index in [1.807, 2.05) is 18.4 Å². The molecule has 1 aliphatic heterocycles. The van der Waals surface area contributed by atoms with Gasteiger partial charge in [0.1, 0.15) is 5.65 Å². The zero-order chi connectivity index (χ0) is 18.3. The molecule has 3 aromatic heterocycles. The minimum absolute atomic E-state index is 0.0190. The van der Waals surface area contributed by atoms with E-state index in [0.717, 1.165) is 10.4 Å². The second kappa shape index (κ2) is 6.53. The highest BCUT2D eigenvalue weighted by molar-refractivity contribution is 7.12. The van der Waals surface area contributed by atoms with Gasteiger partial charge in [-0.15, -0.1) is 11.3 Å². The Morgan fingerprint density at radius 3 is 2.77 bits per heavy atom. The third-order valence-corrected chi connectivity index (χ3v) is 5.80. The van der Waals surface area contributed by atoms with E-state index in [1.54, 1.807) is 23.2 Å². The van der Waals surface area contributed by atoms with Gasteiger partial charge in [-0.1, -0.05) is 0 Å². The van der Waals surface area contributed by atoms with Crippen LogP contribution in [0.25, 0.3) is 11.0 Å². The van der Waals surface area contributed by atoms with E-state index < -0.39 is 5.69 Å². The molecule has 3 aromatic rings. The first-order chi connectivity index (χ1) is 12.5. The number of aromatic nitrogens is 3. The molecule has 1 fully saturated rings. The van der Waals surface area contributed by atoms with Crippen molar-refractivity contribution in [2.45, 2.75) is 25.8 Å². The van der Waals surface area contributed by atoms with Crippen molar-refractivity contribution in [2.75, 3.05) is 13.1 Å². The number of aromatic amines is 1. The van der Waals surface area contributed by atoms with Gasteiger partial charge in [0.05, 0.1) is 10.3 Å². The molecule has 1 aliphatic rings. The summed E-state index contributed by atoms with van der Waals surface area (Å²) in [5.41, 5.74) is 0.617. The summed E-state index contributed by atoms with van der Waals surface area (Å²) < 4.78 is 1.28. The van der Waals surface area contributed by atoms with Crippen LogP contribution in [0.15, 0.2) is 39.4 Å². The quantitative estimate of drug-likeness (QED) is 0.747. The third kappa shape index (κ3) is 2.86. The van der Waals surface area contributed by atoms with Gasteiger partial charge in [0.2, 0.25) is 0 Å². The first kappa shape index (κ1) is 16.7. The van der Waals surface area contributed by atoms with Crippen LogP contribution >= 0.6 is 11.3 Å². The molecule has 0 bridgehead atoms. The van der Waals surface area contributed by atoms with Gasteiger partial charge in [-0.3, -0.25) is 19.1 Å². The van der Waals surface area contributed by atoms with Gasteiger partial charge in [0.25, 0.3) is 11.5 Å². The van der Waals surface area contributed by atoms with Gasteiger partial charge in [-0.2, -0.15) is 0 Å². The summed E-state index contributed by atoms with van der Waals surface area (Å²) in [6.45, 7) is 3.02. The molecule has 0 aromatic carbocycles. The summed E-state index contributed by atoms with van der Waals surface area (Å²) in [6.07, 6.45) is 2.69. The number of nitrogens with zero attached hydrogens (tertiary/aromatic N) is 3. The van der Waals surface area contributed by atoms with Crippen LogP contribution in [0.3, 0.4) is 0 Å². The van der Waals surface area contributed by atoms with Crippen LogP contribution in [-0.4, -0.2) is 38.4 Å². The molecule has 1 saturated heterocycles. The Kier molecular flexibility index (Phi) is 4.20. The van der Waals surface area contributed by atoms with Crippen molar-refractivity contribution in [3.05, 3.63) is 61.1 Å². The lowest BCUT2D eigenvalue weighted by Crippen LogP contribution is -2.45. The fraction of sp³-hybridized carbons (Fsp3) is 0.333. The Hall–Kier alpha value is -2.74. The second-order valence-electron chi connectivity index (χ2n) is 6.52. The summed E-state index contributed by atoms with van der Waals surface area (Å²) in [5, 5.41) is 2.36. The number of thiophene rings is 1. The van der Waals surface area contributed by atoms with Gasteiger partial charge in [-0.05, 0) is 48.9 Å². The molecular weight excluding hydrogens is 352 g/mol. The largest absolute Gasteiger partial charge is 0.338 e. The lowest BCUT2D eigenvalue weighted by molar-refractivity contribution is 0.0697. The average Bonchev–Trinajstić information content (AvgIpc) is 3.08. The lowest BCUT2D eigenvalue weighted by atomic mass is 10.0. The number of hydrogen-bond acceptors (Lipinski definition) is 5. The monoisotopic (exact) mass is 370 g/mol. The van der Waals surface area contributed by atoms with Crippen molar-refractivity contribution in [1.29, 1.82) is 0 Å². The second-order valence-corrected chi connectivity index (χ2v) is 7.43. The number of carbonyl (C=O) groups is 1. The van der Waals surface area contributed by atoms with Crippen molar-refractivity contribution in [1.82, 2.24) is 19.4 Å². The van der Waals surface area contributed by atoms with Crippen LogP contribution in [0, 0.1) is 6.92 Å². The van der Waals surface area contributed by atoms with E-state index in [-0.39, 0.29) is 17.5 Å². The van der Waals surface area contributed by atoms with Gasteiger partial charge in [-0.25, -0.2) is 9.78 Å². The minimum atomic E-state index is -0.445. The summed E-state index contributed by atoms with van der Waals surface area (Å²) in [4.78, 5) is 46.9. The van der Waals surface area contributed by atoms with Crippen LogP contribution < -0.4 is 11.2 Å². The number of aryl methyl sites for hydroxylation is 1. The number of pyridine rings is 1. The Morgan fingerprint density at radius 2 is 2.08 bits per heavy atom. The molecule has 1 amide bonds. The molecule has 4 heterocycles. The number of likely N-dealkylation sites (tertiary alicyclic amines) is 1. The number of piperidine rings is 1. The van der Waals surface area contributed by atoms with Crippen LogP contribution in [0.2, 0.25) is 0 Å². The van der Waals surface area contributed by atoms with E-state index in [4.69, 9.17) is 0 Å². The normalized spacial score (nSPS) is 15.5. The average molecular weight is 370 g/mol. The molecule has 0 unspecified atom stereocenters. The molecule has 0 spiro atoms. The van der Waals surface area contributed by atoms with Gasteiger partial charge >= 0.3 is 5.69 Å². The molecule has 1 N–H and O–H groups in total. The molecule has 26 heavy (non-hydrogen) atoms. The predicted molar refractivity (Wildman–Crippen MR) is 99.9 cm³/mol. The summed E-state index contributed by atoms with van der Waals surface area (Å²) in [6, 6.07) is 5.01. The maximum atomic E-state index is 12.7. The number of H-pyrrole nitrogens is 1. The van der Waals surface area contributed by atoms with Crippen molar-refractivity contribution >= 4 is 28.3 Å². The number of carbonyl (C=O) groups excluding carboxylic acids is 1. The maximum Gasteiger partial charge on any atom is 0.330 e. The Balaban J connectivity index is 1.57. The number of amides is 1. The summed E-state index contributed by atoms with van der Waals surface area (Å²) >= 11 is 1.45. The molecular formula is C18H18N4O3S. The standard InChI is InChI=1S/C18H18N4O3S/c1-11-9-14(26-10-11)17(24)21-7-4-12(5-8-21)22-16(23)13-3-2-6-19-15(13)20-18(22)25/h2-3,6,9-10,12H,4-5,7-8H2,1H3,(H,19,20,25). The number of fused-ring (bicyclic) bond motifs is 1. The lowest BCUT2D eigenvalue weighted by Gasteiger charge is -2.32. The minimum Gasteiger partial charge on any atom is -0.338 e. The fourth-order valence-corrected chi connectivity index (χ4v) is 4.28. The van der Waals surface area contributed by atoms with Gasteiger partial charge in [0, 0.05) is 25.3 Å². The molecule has 0 aliphatic carbocycles. The highest BCUT2D eigenvalue weighted by atomic mass is 32.1. The summed E-state index contributed by atoms with van der Waals surface area (Å²) in [7, 11) is 0. The smallest absolute Gasteiger partial charge is 0.330 e. The highest BCUT2D eigenvalue weighted by Crippen LogP contribution is 2.23. The molecule has 7 nitrogen and oxygen atoms in total. The highest BCUT2D eigenvalue weighted by Gasteiger charge is 2.27. The van der Waals surface area contributed by atoms with Crippen molar-refractivity contribution in [3.8, 4) is 0 Å². The number of hydrogen-bond donors (Lipinski definition) is 1. The SMILES string of the molecule is Cc1csc(C(=O)N2CCC(n3c(=O)[nH]c4ncccc4c3=O)CC2)c1. The van der Waals surface area contributed by atoms with E-state index in [0.29, 0.717) is 37.0 Å². The molecule has 0 saturated carbocycles. The number of rotatable bonds is 2. The summed E-state index contributed by atoms with van der Waals surface area (Å²) in [5.74, 6) is 0.0190.